The van der Waals surface area contributed by atoms with Crippen molar-refractivity contribution >= 4 is 17.6 Å². The number of carbonyl (C=O) groups is 2. The molecule has 0 aromatic heterocycles. The minimum absolute atomic E-state index is 0.0452. The molecule has 0 unspecified atom stereocenters. The van der Waals surface area contributed by atoms with Gasteiger partial charge in [-0.2, -0.15) is 0 Å². The highest BCUT2D eigenvalue weighted by Crippen LogP contribution is 2.54. The fourth-order valence-corrected chi connectivity index (χ4v) is 5.23. The number of hydrogen-bond acceptors (Lipinski definition) is 4. The maximum atomic E-state index is 13.6. The number of nitrogens with zero attached hydrogens (tertiary/aromatic N) is 2. The fourth-order valence-electron chi connectivity index (χ4n) is 5.23. The number of anilines is 1. The van der Waals surface area contributed by atoms with Crippen molar-refractivity contribution in [3.8, 4) is 0 Å². The molecule has 1 aliphatic carbocycles. The van der Waals surface area contributed by atoms with Crippen molar-refractivity contribution < 1.29 is 20.1 Å². The molecular formula is C20H28N3O3+. The predicted octanol–water partition coefficient (Wildman–Crippen LogP) is 1.05. The number of carbonyl (C=O) groups excluding carboxylic acids is 2. The predicted molar refractivity (Wildman–Crippen MR) is 97.4 cm³/mol. The summed E-state index contributed by atoms with van der Waals surface area (Å²) in [5.41, 5.74) is 3.87. The van der Waals surface area contributed by atoms with Crippen LogP contribution in [-0.4, -0.2) is 48.7 Å². The first kappa shape index (κ1) is 17.3. The van der Waals surface area contributed by atoms with Gasteiger partial charge in [-0.05, 0) is 25.8 Å². The topological polar surface area (TPSA) is 77.5 Å². The number of amides is 1. The van der Waals surface area contributed by atoms with E-state index in [-0.39, 0.29) is 17.9 Å². The van der Waals surface area contributed by atoms with E-state index in [0.29, 0.717) is 13.2 Å². The first-order valence-corrected chi connectivity index (χ1v) is 9.65. The van der Waals surface area contributed by atoms with Gasteiger partial charge in [0.05, 0.1) is 13.2 Å². The highest BCUT2D eigenvalue weighted by molar-refractivity contribution is 6.06. The molecule has 2 aliphatic heterocycles. The van der Waals surface area contributed by atoms with Gasteiger partial charge in [-0.1, -0.05) is 37.5 Å². The molecule has 6 nitrogen and oxygen atoms in total. The number of rotatable bonds is 3. The number of ether oxygens (including phenoxy) is 1. The standard InChI is InChI=1S/C20H27N3O3/c1-3-26-18(25)19-13-23(14-9-5-4-6-10-14)17(24)20(19,21)22(2)16-12-8-7-11-15(16)19/h7-8,11-12,14H,3-6,9-10,13,21H2,1-2H3/p+1/t19-,20+/m0/s1. The molecule has 0 radical (unpaired) electrons. The Bertz CT molecular complexity index is 746. The van der Waals surface area contributed by atoms with Crippen LogP contribution in [0, 0.1) is 0 Å². The summed E-state index contributed by atoms with van der Waals surface area (Å²) in [6.07, 6.45) is 5.51. The third-order valence-corrected chi connectivity index (χ3v) is 6.67. The Morgan fingerprint density at radius 1 is 1.27 bits per heavy atom. The largest absolute Gasteiger partial charge is 0.465 e. The highest BCUT2D eigenvalue weighted by atomic mass is 16.5. The molecule has 3 N–H and O–H groups in total. The zero-order chi connectivity index (χ0) is 18.5. The third kappa shape index (κ3) is 1.96. The Hall–Kier alpha value is -2.08. The quantitative estimate of drug-likeness (QED) is 0.820. The first-order chi connectivity index (χ1) is 12.5. The molecule has 26 heavy (non-hydrogen) atoms. The van der Waals surface area contributed by atoms with Gasteiger partial charge in [-0.3, -0.25) is 9.59 Å². The molecule has 1 saturated carbocycles. The van der Waals surface area contributed by atoms with Crippen LogP contribution in [0.2, 0.25) is 0 Å². The molecule has 2 fully saturated rings. The number of quaternary nitrogens is 1. The van der Waals surface area contributed by atoms with Gasteiger partial charge in [-0.25, -0.2) is 0 Å². The van der Waals surface area contributed by atoms with Gasteiger partial charge in [0.15, 0.2) is 5.41 Å². The number of likely N-dealkylation sites (tertiary alicyclic amines) is 1. The SMILES string of the molecule is CCOC(=O)[C@@]12CN(C3CCCCC3)C(=O)[C@@]1([NH3+])N(C)c1ccccc12. The number of para-hydroxylation sites is 1. The summed E-state index contributed by atoms with van der Waals surface area (Å²) in [4.78, 5) is 30.7. The van der Waals surface area contributed by atoms with Crippen molar-refractivity contribution in [2.45, 2.75) is 56.1 Å². The van der Waals surface area contributed by atoms with Gasteiger partial charge < -0.3 is 20.3 Å². The van der Waals surface area contributed by atoms with E-state index in [1.54, 1.807) is 6.92 Å². The molecule has 1 aromatic rings. The van der Waals surface area contributed by atoms with Crippen molar-refractivity contribution in [2.24, 2.45) is 0 Å². The highest BCUT2D eigenvalue weighted by Gasteiger charge is 2.77. The maximum absolute atomic E-state index is 13.6. The van der Waals surface area contributed by atoms with Crippen LogP contribution in [0.25, 0.3) is 0 Å². The second kappa shape index (κ2) is 5.98. The molecule has 140 valence electrons. The second-order valence-corrected chi connectivity index (χ2v) is 7.79. The molecule has 1 saturated heterocycles. The van der Waals surface area contributed by atoms with Crippen molar-refractivity contribution in [1.29, 1.82) is 0 Å². The normalized spacial score (nSPS) is 31.1. The summed E-state index contributed by atoms with van der Waals surface area (Å²) in [6.45, 7) is 2.46. The Morgan fingerprint density at radius 2 is 1.96 bits per heavy atom. The maximum Gasteiger partial charge on any atom is 0.327 e. The van der Waals surface area contributed by atoms with Gasteiger partial charge in [0.25, 0.3) is 5.66 Å². The zero-order valence-electron chi connectivity index (χ0n) is 15.7. The molecule has 2 atom stereocenters. The van der Waals surface area contributed by atoms with Crippen LogP contribution < -0.4 is 10.6 Å². The van der Waals surface area contributed by atoms with Crippen molar-refractivity contribution in [3.05, 3.63) is 29.8 Å². The number of benzene rings is 1. The first-order valence-electron chi connectivity index (χ1n) is 9.65. The van der Waals surface area contributed by atoms with Crippen molar-refractivity contribution in [1.82, 2.24) is 4.90 Å². The van der Waals surface area contributed by atoms with E-state index in [1.807, 2.05) is 41.1 Å². The Labute approximate surface area is 154 Å². The van der Waals surface area contributed by atoms with Gasteiger partial charge in [0, 0.05) is 24.3 Å². The van der Waals surface area contributed by atoms with Crippen molar-refractivity contribution in [2.75, 3.05) is 25.1 Å². The van der Waals surface area contributed by atoms with Crippen LogP contribution in [-0.2, 0) is 19.7 Å². The van der Waals surface area contributed by atoms with Crippen LogP contribution >= 0.6 is 0 Å². The molecular weight excluding hydrogens is 330 g/mol. The van der Waals surface area contributed by atoms with E-state index >= 15 is 0 Å². The molecule has 4 rings (SSSR count). The molecule has 1 amide bonds. The monoisotopic (exact) mass is 358 g/mol. The number of likely N-dealkylation sites (N-methyl/N-ethyl adjacent to an activating group) is 1. The Morgan fingerprint density at radius 3 is 2.65 bits per heavy atom. The number of hydrogen-bond donors (Lipinski definition) is 1. The smallest absolute Gasteiger partial charge is 0.327 e. The van der Waals surface area contributed by atoms with E-state index in [1.165, 1.54) is 6.42 Å². The van der Waals surface area contributed by atoms with E-state index in [0.717, 1.165) is 36.9 Å². The lowest BCUT2D eigenvalue weighted by atomic mass is 9.74. The van der Waals surface area contributed by atoms with Crippen LogP contribution in [0.4, 0.5) is 5.69 Å². The van der Waals surface area contributed by atoms with Crippen LogP contribution in [0.1, 0.15) is 44.6 Å². The fraction of sp³-hybridized carbons (Fsp3) is 0.600. The average Bonchev–Trinajstić information content (AvgIpc) is 3.02. The lowest BCUT2D eigenvalue weighted by molar-refractivity contribution is -0.464. The number of fused-ring (bicyclic) bond motifs is 3. The molecule has 0 spiro atoms. The van der Waals surface area contributed by atoms with Crippen LogP contribution in [0.3, 0.4) is 0 Å². The van der Waals surface area contributed by atoms with E-state index in [9.17, 15) is 9.59 Å². The minimum Gasteiger partial charge on any atom is -0.465 e. The van der Waals surface area contributed by atoms with Crippen molar-refractivity contribution in [3.63, 3.8) is 0 Å². The average molecular weight is 358 g/mol. The summed E-state index contributed by atoms with van der Waals surface area (Å²) in [7, 11) is 1.87. The van der Waals surface area contributed by atoms with Crippen LogP contribution in [0.5, 0.6) is 0 Å². The second-order valence-electron chi connectivity index (χ2n) is 7.79. The lowest BCUT2D eigenvalue weighted by Gasteiger charge is -2.33. The molecule has 1 aromatic carbocycles. The van der Waals surface area contributed by atoms with Gasteiger partial charge >= 0.3 is 11.9 Å². The Kier molecular flexibility index (Phi) is 3.99. The number of esters is 1. The van der Waals surface area contributed by atoms with Gasteiger partial charge in [0.1, 0.15) is 0 Å². The zero-order valence-corrected chi connectivity index (χ0v) is 15.7. The summed E-state index contributed by atoms with van der Waals surface area (Å²) < 4.78 is 5.50. The van der Waals surface area contributed by atoms with Gasteiger partial charge in [0.2, 0.25) is 0 Å². The van der Waals surface area contributed by atoms with Crippen LogP contribution in [0.15, 0.2) is 24.3 Å². The lowest BCUT2D eigenvalue weighted by Crippen LogP contribution is -2.88. The molecule has 6 heteroatoms. The summed E-state index contributed by atoms with van der Waals surface area (Å²) in [5, 5.41) is 0. The molecule has 3 aliphatic rings. The summed E-state index contributed by atoms with van der Waals surface area (Å²) >= 11 is 0. The van der Waals surface area contributed by atoms with E-state index in [4.69, 9.17) is 4.74 Å². The van der Waals surface area contributed by atoms with E-state index in [2.05, 4.69) is 5.73 Å². The molecule has 2 heterocycles. The van der Waals surface area contributed by atoms with E-state index < -0.39 is 11.1 Å². The van der Waals surface area contributed by atoms with Gasteiger partial charge in [-0.15, -0.1) is 0 Å². The summed E-state index contributed by atoms with van der Waals surface area (Å²) in [5.74, 6) is -0.380. The Balaban J connectivity index is 1.86. The molecule has 0 bridgehead atoms. The summed E-state index contributed by atoms with van der Waals surface area (Å²) in [6, 6.07) is 7.97. The third-order valence-electron chi connectivity index (χ3n) is 6.67. The minimum atomic E-state index is -1.18.